The highest BCUT2D eigenvalue weighted by Gasteiger charge is 2.25. The van der Waals surface area contributed by atoms with Gasteiger partial charge in [0.2, 0.25) is 5.95 Å². The molecule has 1 aromatic rings. The minimum atomic E-state index is -0.815. The number of piperidine rings is 1. The molecule has 0 saturated carbocycles. The van der Waals surface area contributed by atoms with Gasteiger partial charge in [-0.15, -0.1) is 0 Å². The van der Waals surface area contributed by atoms with E-state index in [0.29, 0.717) is 19.5 Å². The molecule has 1 aliphatic heterocycles. The van der Waals surface area contributed by atoms with Crippen LogP contribution in [-0.2, 0) is 4.79 Å². The van der Waals surface area contributed by atoms with Gasteiger partial charge < -0.3 is 10.0 Å². The molecule has 5 nitrogen and oxygen atoms in total. The molecule has 0 spiro atoms. The molecular formula is C14H17FN2O3. The maximum atomic E-state index is 13.0. The summed E-state index contributed by atoms with van der Waals surface area (Å²) in [6.07, 6.45) is 3.75. The van der Waals surface area contributed by atoms with E-state index in [0.717, 1.165) is 18.9 Å². The lowest BCUT2D eigenvalue weighted by Crippen LogP contribution is -2.40. The van der Waals surface area contributed by atoms with Gasteiger partial charge in [0.25, 0.3) is 5.91 Å². The summed E-state index contributed by atoms with van der Waals surface area (Å²) in [7, 11) is 0. The smallest absolute Gasteiger partial charge is 0.303 e. The predicted octanol–water partition coefficient (Wildman–Crippen LogP) is 1.94. The van der Waals surface area contributed by atoms with Crippen LogP contribution >= 0.6 is 0 Å². The van der Waals surface area contributed by atoms with Crippen molar-refractivity contribution in [3.05, 3.63) is 29.8 Å². The second kappa shape index (κ2) is 6.45. The molecule has 1 unspecified atom stereocenters. The Morgan fingerprint density at radius 2 is 2.30 bits per heavy atom. The van der Waals surface area contributed by atoms with Crippen molar-refractivity contribution >= 4 is 11.9 Å². The molecule has 1 N–H and O–H groups in total. The predicted molar refractivity (Wildman–Crippen MR) is 69.7 cm³/mol. The zero-order valence-corrected chi connectivity index (χ0v) is 11.1. The minimum absolute atomic E-state index is 0.122. The summed E-state index contributed by atoms with van der Waals surface area (Å²) < 4.78 is 13.0. The van der Waals surface area contributed by atoms with E-state index in [1.165, 1.54) is 12.3 Å². The maximum absolute atomic E-state index is 13.0. The topological polar surface area (TPSA) is 70.5 Å². The van der Waals surface area contributed by atoms with Crippen LogP contribution in [0.2, 0.25) is 0 Å². The summed E-state index contributed by atoms with van der Waals surface area (Å²) >= 11 is 0. The van der Waals surface area contributed by atoms with E-state index < -0.39 is 11.9 Å². The van der Waals surface area contributed by atoms with Gasteiger partial charge in [-0.1, -0.05) is 0 Å². The molecule has 108 valence electrons. The average Bonchev–Trinajstić information content (AvgIpc) is 2.44. The van der Waals surface area contributed by atoms with Gasteiger partial charge >= 0.3 is 5.97 Å². The number of carboxylic acid groups (broad SMARTS) is 1. The summed E-state index contributed by atoms with van der Waals surface area (Å²) in [6, 6.07) is 2.62. The lowest BCUT2D eigenvalue weighted by molar-refractivity contribution is -0.137. The van der Waals surface area contributed by atoms with Crippen LogP contribution in [0.3, 0.4) is 0 Å². The quantitative estimate of drug-likeness (QED) is 0.856. The SMILES string of the molecule is O=C(O)CCC1CCCN(C(=O)c2ccnc(F)c2)C1. The molecule has 1 amide bonds. The molecule has 6 heteroatoms. The largest absolute Gasteiger partial charge is 0.481 e. The number of aliphatic carboxylic acids is 1. The van der Waals surface area contributed by atoms with Crippen molar-refractivity contribution in [1.29, 1.82) is 0 Å². The summed E-state index contributed by atoms with van der Waals surface area (Å²) in [6.45, 7) is 1.17. The fraction of sp³-hybridized carbons (Fsp3) is 0.500. The summed E-state index contributed by atoms with van der Waals surface area (Å²) in [5.74, 6) is -1.50. The molecule has 2 heterocycles. The molecule has 0 bridgehead atoms. The molecule has 1 fully saturated rings. The van der Waals surface area contributed by atoms with Gasteiger partial charge in [-0.2, -0.15) is 4.39 Å². The Balaban J connectivity index is 1.98. The zero-order valence-electron chi connectivity index (χ0n) is 11.1. The second-order valence-electron chi connectivity index (χ2n) is 5.06. The number of hydrogen-bond acceptors (Lipinski definition) is 3. The third-order valence-corrected chi connectivity index (χ3v) is 3.55. The number of halogens is 1. The third kappa shape index (κ3) is 3.76. The lowest BCUT2D eigenvalue weighted by Gasteiger charge is -2.32. The van der Waals surface area contributed by atoms with Gasteiger partial charge in [-0.05, 0) is 31.2 Å². The Bertz CT molecular complexity index is 507. The molecule has 1 aromatic heterocycles. The van der Waals surface area contributed by atoms with E-state index >= 15 is 0 Å². The summed E-state index contributed by atoms with van der Waals surface area (Å²) in [5, 5.41) is 8.70. The Labute approximate surface area is 116 Å². The number of likely N-dealkylation sites (tertiary alicyclic amines) is 1. The Morgan fingerprint density at radius 3 is 3.00 bits per heavy atom. The van der Waals surface area contributed by atoms with Gasteiger partial charge in [0, 0.05) is 37.3 Å². The lowest BCUT2D eigenvalue weighted by atomic mass is 9.93. The first-order chi connectivity index (χ1) is 9.56. The molecule has 2 rings (SSSR count). The number of pyridine rings is 1. The van der Waals surface area contributed by atoms with Crippen molar-refractivity contribution < 1.29 is 19.1 Å². The van der Waals surface area contributed by atoms with E-state index in [9.17, 15) is 14.0 Å². The number of rotatable bonds is 4. The van der Waals surface area contributed by atoms with Crippen LogP contribution < -0.4 is 0 Å². The summed E-state index contributed by atoms with van der Waals surface area (Å²) in [4.78, 5) is 27.9. The molecule has 1 aliphatic rings. The van der Waals surface area contributed by atoms with Crippen LogP contribution in [0.25, 0.3) is 0 Å². The fourth-order valence-electron chi connectivity index (χ4n) is 2.53. The van der Waals surface area contributed by atoms with Crippen molar-refractivity contribution in [2.45, 2.75) is 25.7 Å². The van der Waals surface area contributed by atoms with Crippen molar-refractivity contribution in [2.24, 2.45) is 5.92 Å². The van der Waals surface area contributed by atoms with Gasteiger partial charge in [0.05, 0.1) is 0 Å². The minimum Gasteiger partial charge on any atom is -0.481 e. The number of carbonyl (C=O) groups is 2. The van der Waals surface area contributed by atoms with Gasteiger partial charge in [-0.25, -0.2) is 4.98 Å². The second-order valence-corrected chi connectivity index (χ2v) is 5.06. The molecule has 1 atom stereocenters. The van der Waals surface area contributed by atoms with Crippen molar-refractivity contribution in [3.63, 3.8) is 0 Å². The Kier molecular flexibility index (Phi) is 4.65. The Morgan fingerprint density at radius 1 is 1.50 bits per heavy atom. The maximum Gasteiger partial charge on any atom is 0.303 e. The zero-order chi connectivity index (χ0) is 14.5. The number of carboxylic acids is 1. The molecule has 20 heavy (non-hydrogen) atoms. The van der Waals surface area contributed by atoms with E-state index in [2.05, 4.69) is 4.98 Å². The molecule has 0 aliphatic carbocycles. The van der Waals surface area contributed by atoms with E-state index in [1.807, 2.05) is 0 Å². The van der Waals surface area contributed by atoms with Gasteiger partial charge in [0.1, 0.15) is 0 Å². The highest BCUT2D eigenvalue weighted by atomic mass is 19.1. The molecule has 0 aromatic carbocycles. The molecule has 0 radical (unpaired) electrons. The van der Waals surface area contributed by atoms with Gasteiger partial charge in [-0.3, -0.25) is 9.59 Å². The van der Waals surface area contributed by atoms with Crippen LogP contribution in [0.4, 0.5) is 4.39 Å². The first-order valence-corrected chi connectivity index (χ1v) is 6.69. The van der Waals surface area contributed by atoms with Crippen LogP contribution in [0.1, 0.15) is 36.0 Å². The number of nitrogens with zero attached hydrogens (tertiary/aromatic N) is 2. The molecule has 1 saturated heterocycles. The number of hydrogen-bond donors (Lipinski definition) is 1. The van der Waals surface area contributed by atoms with Crippen LogP contribution in [0.5, 0.6) is 0 Å². The van der Waals surface area contributed by atoms with Crippen molar-refractivity contribution in [2.75, 3.05) is 13.1 Å². The van der Waals surface area contributed by atoms with Gasteiger partial charge in [0.15, 0.2) is 0 Å². The first-order valence-electron chi connectivity index (χ1n) is 6.69. The highest BCUT2D eigenvalue weighted by Crippen LogP contribution is 2.22. The number of carbonyl (C=O) groups excluding carboxylic acids is 1. The van der Waals surface area contributed by atoms with E-state index in [1.54, 1.807) is 4.90 Å². The van der Waals surface area contributed by atoms with E-state index in [4.69, 9.17) is 5.11 Å². The standard InChI is InChI=1S/C14H17FN2O3/c15-12-8-11(5-6-16-12)14(20)17-7-1-2-10(9-17)3-4-13(18)19/h5-6,8,10H,1-4,7,9H2,(H,18,19). The average molecular weight is 280 g/mol. The van der Waals surface area contributed by atoms with Crippen LogP contribution in [-0.4, -0.2) is 40.0 Å². The van der Waals surface area contributed by atoms with Crippen LogP contribution in [0.15, 0.2) is 18.3 Å². The number of amides is 1. The third-order valence-electron chi connectivity index (χ3n) is 3.55. The summed E-state index contributed by atoms with van der Waals surface area (Å²) in [5.41, 5.74) is 0.288. The first kappa shape index (κ1) is 14.4. The van der Waals surface area contributed by atoms with E-state index in [-0.39, 0.29) is 23.8 Å². The highest BCUT2D eigenvalue weighted by molar-refractivity contribution is 5.94. The normalized spacial score (nSPS) is 18.9. The Hall–Kier alpha value is -1.98. The molecular weight excluding hydrogens is 263 g/mol. The number of aromatic nitrogens is 1. The fourth-order valence-corrected chi connectivity index (χ4v) is 2.53. The van der Waals surface area contributed by atoms with Crippen molar-refractivity contribution in [1.82, 2.24) is 9.88 Å². The van der Waals surface area contributed by atoms with Crippen LogP contribution in [0, 0.1) is 11.9 Å². The van der Waals surface area contributed by atoms with Crippen molar-refractivity contribution in [3.8, 4) is 0 Å². The monoisotopic (exact) mass is 280 g/mol.